The number of thioether (sulfide) groups is 1. The first-order valence-electron chi connectivity index (χ1n) is 7.36. The Morgan fingerprint density at radius 1 is 1.37 bits per heavy atom. The van der Waals surface area contributed by atoms with E-state index in [0.717, 1.165) is 17.6 Å². The summed E-state index contributed by atoms with van der Waals surface area (Å²) in [6, 6.07) is 9.10. The van der Waals surface area contributed by atoms with Crippen LogP contribution in [0.4, 0.5) is 0 Å². The van der Waals surface area contributed by atoms with Gasteiger partial charge in [0.1, 0.15) is 0 Å². The molecule has 0 spiro atoms. The highest BCUT2D eigenvalue weighted by atomic mass is 35.5. The van der Waals surface area contributed by atoms with Gasteiger partial charge in [0.25, 0.3) is 0 Å². The van der Waals surface area contributed by atoms with E-state index in [1.165, 1.54) is 42.8 Å². The Hall–Kier alpha value is -0.180. The molecule has 0 saturated heterocycles. The highest BCUT2D eigenvalue weighted by Crippen LogP contribution is 2.29. The standard InChI is InChI=1S/C16H24ClNS/c1-2-19-11-5-6-13(12-18-14-9-10-14)15-7-3-4-8-16(15)17/h3-4,7-8,13-14,18H,2,5-6,9-12H2,1H3. The molecule has 1 unspecified atom stereocenters. The second-order valence-electron chi connectivity index (χ2n) is 5.24. The van der Waals surface area contributed by atoms with Crippen LogP contribution in [0.15, 0.2) is 24.3 Å². The van der Waals surface area contributed by atoms with Crippen LogP contribution in [-0.4, -0.2) is 24.1 Å². The predicted octanol–water partition coefficient (Wildman–Crippen LogP) is 4.71. The topological polar surface area (TPSA) is 12.0 Å². The second kappa shape index (κ2) is 8.18. The molecule has 1 atom stereocenters. The van der Waals surface area contributed by atoms with Gasteiger partial charge in [-0.15, -0.1) is 0 Å². The minimum absolute atomic E-state index is 0.562. The molecular formula is C16H24ClNS. The molecule has 2 rings (SSSR count). The van der Waals surface area contributed by atoms with Gasteiger partial charge in [0.05, 0.1) is 0 Å². The first kappa shape index (κ1) is 15.2. The molecule has 106 valence electrons. The molecule has 1 aliphatic carbocycles. The van der Waals surface area contributed by atoms with Crippen LogP contribution >= 0.6 is 23.4 Å². The minimum atomic E-state index is 0.562. The van der Waals surface area contributed by atoms with Crippen LogP contribution in [0, 0.1) is 0 Å². The van der Waals surface area contributed by atoms with Crippen LogP contribution < -0.4 is 5.32 Å². The van der Waals surface area contributed by atoms with E-state index in [2.05, 4.69) is 24.4 Å². The van der Waals surface area contributed by atoms with Crippen molar-refractivity contribution in [3.05, 3.63) is 34.9 Å². The van der Waals surface area contributed by atoms with Gasteiger partial charge in [0.15, 0.2) is 0 Å². The van der Waals surface area contributed by atoms with Crippen LogP contribution in [0.25, 0.3) is 0 Å². The number of hydrogen-bond donors (Lipinski definition) is 1. The number of halogens is 1. The molecule has 0 aliphatic heterocycles. The average molecular weight is 298 g/mol. The maximum absolute atomic E-state index is 6.36. The number of nitrogens with one attached hydrogen (secondary N) is 1. The van der Waals surface area contributed by atoms with E-state index in [9.17, 15) is 0 Å². The van der Waals surface area contributed by atoms with Crippen LogP contribution in [0.1, 0.15) is 44.1 Å². The first-order chi connectivity index (χ1) is 9.31. The van der Waals surface area contributed by atoms with Crippen molar-refractivity contribution in [2.24, 2.45) is 0 Å². The molecule has 1 saturated carbocycles. The summed E-state index contributed by atoms with van der Waals surface area (Å²) in [5.41, 5.74) is 1.32. The third kappa shape index (κ3) is 5.37. The van der Waals surface area contributed by atoms with Crippen LogP contribution in [0.5, 0.6) is 0 Å². The molecule has 0 bridgehead atoms. The summed E-state index contributed by atoms with van der Waals surface area (Å²) in [7, 11) is 0. The van der Waals surface area contributed by atoms with Crippen molar-refractivity contribution >= 4 is 23.4 Å². The molecule has 1 aromatic carbocycles. The monoisotopic (exact) mass is 297 g/mol. The van der Waals surface area contributed by atoms with E-state index in [1.54, 1.807) is 0 Å². The minimum Gasteiger partial charge on any atom is -0.313 e. The third-order valence-electron chi connectivity index (χ3n) is 3.62. The van der Waals surface area contributed by atoms with Crippen LogP contribution in [0.2, 0.25) is 5.02 Å². The summed E-state index contributed by atoms with van der Waals surface area (Å²) in [6.45, 7) is 3.30. The molecule has 3 heteroatoms. The van der Waals surface area contributed by atoms with Crippen molar-refractivity contribution in [2.45, 2.75) is 44.6 Å². The first-order valence-corrected chi connectivity index (χ1v) is 8.90. The molecule has 1 nitrogen and oxygen atoms in total. The zero-order valence-corrected chi connectivity index (χ0v) is 13.3. The molecule has 0 aromatic heterocycles. The highest BCUT2D eigenvalue weighted by Gasteiger charge is 2.23. The quantitative estimate of drug-likeness (QED) is 0.663. The van der Waals surface area contributed by atoms with Crippen molar-refractivity contribution in [1.82, 2.24) is 5.32 Å². The Labute approximate surface area is 126 Å². The molecule has 1 fully saturated rings. The summed E-state index contributed by atoms with van der Waals surface area (Å²) < 4.78 is 0. The molecule has 0 amide bonds. The molecule has 19 heavy (non-hydrogen) atoms. The molecule has 0 heterocycles. The van der Waals surface area contributed by atoms with Gasteiger partial charge in [-0.2, -0.15) is 11.8 Å². The molecule has 1 N–H and O–H groups in total. The van der Waals surface area contributed by atoms with E-state index in [4.69, 9.17) is 11.6 Å². The van der Waals surface area contributed by atoms with Gasteiger partial charge in [0.2, 0.25) is 0 Å². The number of hydrogen-bond acceptors (Lipinski definition) is 2. The molecule has 0 radical (unpaired) electrons. The zero-order valence-electron chi connectivity index (χ0n) is 11.7. The highest BCUT2D eigenvalue weighted by molar-refractivity contribution is 7.99. The summed E-state index contributed by atoms with van der Waals surface area (Å²) in [5.74, 6) is 3.05. The summed E-state index contributed by atoms with van der Waals surface area (Å²) >= 11 is 8.39. The Morgan fingerprint density at radius 2 is 2.16 bits per heavy atom. The van der Waals surface area contributed by atoms with E-state index in [-0.39, 0.29) is 0 Å². The predicted molar refractivity (Wildman–Crippen MR) is 87.5 cm³/mol. The molecule has 1 aromatic rings. The van der Waals surface area contributed by atoms with Crippen molar-refractivity contribution in [3.8, 4) is 0 Å². The average Bonchev–Trinajstić information content (AvgIpc) is 3.23. The van der Waals surface area contributed by atoms with Crippen LogP contribution in [-0.2, 0) is 0 Å². The molecule has 1 aliphatic rings. The zero-order chi connectivity index (χ0) is 13.5. The second-order valence-corrected chi connectivity index (χ2v) is 7.04. The van der Waals surface area contributed by atoms with Crippen LogP contribution in [0.3, 0.4) is 0 Å². The van der Waals surface area contributed by atoms with Gasteiger partial charge in [-0.3, -0.25) is 0 Å². The lowest BCUT2D eigenvalue weighted by Crippen LogP contribution is -2.24. The summed E-state index contributed by atoms with van der Waals surface area (Å²) in [6.07, 6.45) is 5.21. The van der Waals surface area contributed by atoms with Crippen molar-refractivity contribution in [1.29, 1.82) is 0 Å². The normalized spacial score (nSPS) is 16.5. The maximum atomic E-state index is 6.36. The van der Waals surface area contributed by atoms with E-state index >= 15 is 0 Å². The Morgan fingerprint density at radius 3 is 2.84 bits per heavy atom. The fraction of sp³-hybridized carbons (Fsp3) is 0.625. The Bertz CT molecular complexity index is 379. The Balaban J connectivity index is 1.90. The number of benzene rings is 1. The van der Waals surface area contributed by atoms with Gasteiger partial charge in [-0.1, -0.05) is 36.7 Å². The molecular weight excluding hydrogens is 274 g/mol. The fourth-order valence-electron chi connectivity index (χ4n) is 2.35. The fourth-order valence-corrected chi connectivity index (χ4v) is 3.30. The smallest absolute Gasteiger partial charge is 0.0441 e. The van der Waals surface area contributed by atoms with Gasteiger partial charge < -0.3 is 5.32 Å². The van der Waals surface area contributed by atoms with E-state index in [0.29, 0.717) is 5.92 Å². The largest absolute Gasteiger partial charge is 0.313 e. The summed E-state index contributed by atoms with van der Waals surface area (Å²) in [4.78, 5) is 0. The maximum Gasteiger partial charge on any atom is 0.0441 e. The van der Waals surface area contributed by atoms with Gasteiger partial charge in [0, 0.05) is 17.6 Å². The van der Waals surface area contributed by atoms with E-state index < -0.39 is 0 Å². The van der Waals surface area contributed by atoms with Crippen molar-refractivity contribution in [3.63, 3.8) is 0 Å². The third-order valence-corrected chi connectivity index (χ3v) is 4.95. The van der Waals surface area contributed by atoms with Gasteiger partial charge in [-0.05, 0) is 54.7 Å². The lowest BCUT2D eigenvalue weighted by Gasteiger charge is -2.19. The van der Waals surface area contributed by atoms with Crippen molar-refractivity contribution < 1.29 is 0 Å². The van der Waals surface area contributed by atoms with E-state index in [1.807, 2.05) is 23.9 Å². The summed E-state index contributed by atoms with van der Waals surface area (Å²) in [5, 5.41) is 4.58. The SMILES string of the molecule is CCSCCCC(CNC1CC1)c1ccccc1Cl. The van der Waals surface area contributed by atoms with Gasteiger partial charge >= 0.3 is 0 Å². The van der Waals surface area contributed by atoms with Crippen molar-refractivity contribution in [2.75, 3.05) is 18.1 Å². The number of rotatable bonds is 9. The lowest BCUT2D eigenvalue weighted by molar-refractivity contribution is 0.544. The van der Waals surface area contributed by atoms with Gasteiger partial charge in [-0.25, -0.2) is 0 Å². The lowest BCUT2D eigenvalue weighted by atomic mass is 9.94. The Kier molecular flexibility index (Phi) is 6.55.